The molecule has 0 saturated heterocycles. The van der Waals surface area contributed by atoms with Gasteiger partial charge in [0.15, 0.2) is 11.8 Å². The summed E-state index contributed by atoms with van der Waals surface area (Å²) < 4.78 is 18.0. The topological polar surface area (TPSA) is 72.5 Å². The van der Waals surface area contributed by atoms with Gasteiger partial charge in [-0.05, 0) is 26.0 Å². The molecule has 0 aromatic heterocycles. The van der Waals surface area contributed by atoms with Crippen LogP contribution in [0.3, 0.4) is 0 Å². The van der Waals surface area contributed by atoms with Gasteiger partial charge < -0.3 is 10.1 Å². The lowest BCUT2D eigenvalue weighted by molar-refractivity contribution is -0.148. The van der Waals surface area contributed by atoms with E-state index in [4.69, 9.17) is 0 Å². The molecule has 1 N–H and O–H groups in total. The highest BCUT2D eigenvalue weighted by Gasteiger charge is 2.27. The lowest BCUT2D eigenvalue weighted by atomic mass is 10.1. The van der Waals surface area contributed by atoms with Crippen LogP contribution < -0.4 is 5.32 Å². The molecule has 0 bridgehead atoms. The number of hydrogen-bond donors (Lipinski definition) is 1. The number of esters is 1. The molecule has 0 aliphatic carbocycles. The molecule has 19 heavy (non-hydrogen) atoms. The van der Waals surface area contributed by atoms with Crippen LogP contribution in [0.5, 0.6) is 0 Å². The summed E-state index contributed by atoms with van der Waals surface area (Å²) in [6.45, 7) is 2.80. The number of carbonyl (C=O) groups excluding carboxylic acids is 3. The van der Waals surface area contributed by atoms with Crippen molar-refractivity contribution in [3.05, 3.63) is 35.6 Å². The predicted molar refractivity (Wildman–Crippen MR) is 65.0 cm³/mol. The third-order valence-electron chi connectivity index (χ3n) is 2.32. The molecule has 0 aliphatic rings. The number of hydrogen-bond acceptors (Lipinski definition) is 4. The zero-order chi connectivity index (χ0) is 14.4. The van der Waals surface area contributed by atoms with Gasteiger partial charge in [0.1, 0.15) is 5.82 Å². The second-order valence-corrected chi connectivity index (χ2v) is 3.75. The molecule has 1 rings (SSSR count). The minimum atomic E-state index is -1.42. The van der Waals surface area contributed by atoms with Gasteiger partial charge in [0.05, 0.1) is 12.2 Å². The summed E-state index contributed by atoms with van der Waals surface area (Å²) in [5.41, 5.74) is -0.238. The molecule has 1 atom stereocenters. The summed E-state index contributed by atoms with van der Waals surface area (Å²) in [5, 5.41) is 2.16. The Morgan fingerprint density at radius 2 is 1.95 bits per heavy atom. The van der Waals surface area contributed by atoms with Crippen LogP contribution in [-0.4, -0.2) is 30.3 Å². The highest BCUT2D eigenvalue weighted by atomic mass is 19.1. The normalized spacial score (nSPS) is 11.5. The maximum Gasteiger partial charge on any atom is 0.336 e. The van der Waals surface area contributed by atoms with E-state index in [1.165, 1.54) is 18.2 Å². The summed E-state index contributed by atoms with van der Waals surface area (Å²) in [4.78, 5) is 34.6. The monoisotopic (exact) mass is 267 g/mol. The van der Waals surface area contributed by atoms with E-state index in [1.807, 2.05) is 0 Å². The summed E-state index contributed by atoms with van der Waals surface area (Å²) in [6.07, 6.45) is 0. The SMILES string of the molecule is CCOC(=O)C(NC(=O)c1ccccc1F)C(C)=O. The molecule has 5 nitrogen and oxygen atoms in total. The van der Waals surface area contributed by atoms with Gasteiger partial charge in [-0.15, -0.1) is 0 Å². The Balaban J connectivity index is 2.86. The Morgan fingerprint density at radius 1 is 1.32 bits per heavy atom. The van der Waals surface area contributed by atoms with Gasteiger partial charge in [-0.1, -0.05) is 12.1 Å². The first-order valence-corrected chi connectivity index (χ1v) is 5.69. The minimum absolute atomic E-state index is 0.0815. The fraction of sp³-hybridized carbons (Fsp3) is 0.308. The highest BCUT2D eigenvalue weighted by Crippen LogP contribution is 2.06. The van der Waals surface area contributed by atoms with E-state index in [2.05, 4.69) is 10.1 Å². The molecule has 6 heteroatoms. The van der Waals surface area contributed by atoms with Crippen molar-refractivity contribution in [2.75, 3.05) is 6.61 Å². The number of halogens is 1. The van der Waals surface area contributed by atoms with Crippen molar-refractivity contribution >= 4 is 17.7 Å². The number of ether oxygens (including phenoxy) is 1. The van der Waals surface area contributed by atoms with Crippen LogP contribution in [0.2, 0.25) is 0 Å². The van der Waals surface area contributed by atoms with E-state index in [9.17, 15) is 18.8 Å². The Kier molecular flexibility index (Phi) is 5.17. The average Bonchev–Trinajstić information content (AvgIpc) is 2.36. The standard InChI is InChI=1S/C13H14FNO4/c1-3-19-13(18)11(8(2)16)15-12(17)9-6-4-5-7-10(9)14/h4-7,11H,3H2,1-2H3,(H,15,17). The van der Waals surface area contributed by atoms with Crippen LogP contribution in [-0.2, 0) is 14.3 Å². The maximum absolute atomic E-state index is 13.4. The first kappa shape index (κ1) is 14.8. The number of benzene rings is 1. The van der Waals surface area contributed by atoms with Crippen molar-refractivity contribution in [2.24, 2.45) is 0 Å². The zero-order valence-electron chi connectivity index (χ0n) is 10.6. The van der Waals surface area contributed by atoms with E-state index >= 15 is 0 Å². The van der Waals surface area contributed by atoms with E-state index < -0.39 is 29.5 Å². The van der Waals surface area contributed by atoms with Crippen molar-refractivity contribution in [1.29, 1.82) is 0 Å². The molecular formula is C13H14FNO4. The van der Waals surface area contributed by atoms with Gasteiger partial charge in [0.2, 0.25) is 0 Å². The smallest absolute Gasteiger partial charge is 0.336 e. The molecule has 0 spiro atoms. The van der Waals surface area contributed by atoms with Gasteiger partial charge in [0.25, 0.3) is 5.91 Å². The van der Waals surface area contributed by atoms with E-state index in [1.54, 1.807) is 6.92 Å². The molecule has 1 aromatic carbocycles. The number of rotatable bonds is 5. The molecule has 1 unspecified atom stereocenters. The second kappa shape index (κ2) is 6.63. The van der Waals surface area contributed by atoms with Gasteiger partial charge in [-0.25, -0.2) is 9.18 Å². The number of ketones is 1. The number of carbonyl (C=O) groups is 3. The van der Waals surface area contributed by atoms with Crippen molar-refractivity contribution in [2.45, 2.75) is 19.9 Å². The Bertz CT molecular complexity index is 501. The Hall–Kier alpha value is -2.24. The first-order chi connectivity index (χ1) is 8.97. The molecule has 0 saturated carbocycles. The van der Waals surface area contributed by atoms with Gasteiger partial charge in [-0.2, -0.15) is 0 Å². The predicted octanol–water partition coefficient (Wildman–Crippen LogP) is 1.08. The fourth-order valence-corrected chi connectivity index (χ4v) is 1.41. The number of Topliss-reactive ketones (excluding diaryl/α,β-unsaturated/α-hetero) is 1. The lowest BCUT2D eigenvalue weighted by Crippen LogP contribution is -2.46. The summed E-state index contributed by atoms with van der Waals surface area (Å²) in [7, 11) is 0. The molecule has 0 heterocycles. The number of amides is 1. The minimum Gasteiger partial charge on any atom is -0.464 e. The van der Waals surface area contributed by atoms with Crippen LogP contribution in [0.1, 0.15) is 24.2 Å². The fourth-order valence-electron chi connectivity index (χ4n) is 1.41. The first-order valence-electron chi connectivity index (χ1n) is 5.69. The van der Waals surface area contributed by atoms with Crippen LogP contribution >= 0.6 is 0 Å². The van der Waals surface area contributed by atoms with Crippen LogP contribution in [0.15, 0.2) is 24.3 Å². The van der Waals surface area contributed by atoms with E-state index in [-0.39, 0.29) is 12.2 Å². The quantitative estimate of drug-likeness (QED) is 0.640. The third-order valence-corrected chi connectivity index (χ3v) is 2.32. The lowest BCUT2D eigenvalue weighted by Gasteiger charge is -2.14. The highest BCUT2D eigenvalue weighted by molar-refractivity contribution is 6.07. The van der Waals surface area contributed by atoms with E-state index in [0.717, 1.165) is 13.0 Å². The number of nitrogens with one attached hydrogen (secondary N) is 1. The average molecular weight is 267 g/mol. The summed E-state index contributed by atoms with van der Waals surface area (Å²) in [5.74, 6) is -3.01. The van der Waals surface area contributed by atoms with Crippen molar-refractivity contribution in [3.63, 3.8) is 0 Å². The molecular weight excluding hydrogens is 253 g/mol. The second-order valence-electron chi connectivity index (χ2n) is 3.75. The van der Waals surface area contributed by atoms with E-state index in [0.29, 0.717) is 0 Å². The molecule has 0 aliphatic heterocycles. The molecule has 1 amide bonds. The van der Waals surface area contributed by atoms with Gasteiger partial charge in [-0.3, -0.25) is 9.59 Å². The molecule has 1 aromatic rings. The molecule has 102 valence electrons. The van der Waals surface area contributed by atoms with Crippen molar-refractivity contribution < 1.29 is 23.5 Å². The van der Waals surface area contributed by atoms with Crippen LogP contribution in [0.4, 0.5) is 4.39 Å². The molecule has 0 fully saturated rings. The largest absolute Gasteiger partial charge is 0.464 e. The Labute approximate surface area is 109 Å². The summed E-state index contributed by atoms with van der Waals surface area (Å²) >= 11 is 0. The maximum atomic E-state index is 13.4. The van der Waals surface area contributed by atoms with Crippen molar-refractivity contribution in [1.82, 2.24) is 5.32 Å². The van der Waals surface area contributed by atoms with Crippen molar-refractivity contribution in [3.8, 4) is 0 Å². The zero-order valence-corrected chi connectivity index (χ0v) is 10.6. The van der Waals surface area contributed by atoms with Gasteiger partial charge >= 0.3 is 5.97 Å². The molecule has 0 radical (unpaired) electrons. The Morgan fingerprint density at radius 3 is 2.47 bits per heavy atom. The van der Waals surface area contributed by atoms with Crippen LogP contribution in [0.25, 0.3) is 0 Å². The van der Waals surface area contributed by atoms with Crippen LogP contribution in [0, 0.1) is 5.82 Å². The summed E-state index contributed by atoms with van der Waals surface area (Å²) in [6, 6.07) is 3.85. The third kappa shape index (κ3) is 3.87. The van der Waals surface area contributed by atoms with Gasteiger partial charge in [0, 0.05) is 0 Å².